The van der Waals surface area contributed by atoms with Crippen molar-refractivity contribution in [2.45, 2.75) is 38.5 Å². The molecule has 0 heterocycles. The van der Waals surface area contributed by atoms with Crippen molar-refractivity contribution in [2.75, 3.05) is 12.8 Å². The average molecular weight is 200 g/mol. The summed E-state index contributed by atoms with van der Waals surface area (Å²) in [7, 11) is 1.84. The molecule has 3 heteroatoms. The molecule has 0 aliphatic carbocycles. The molecular weight excluding hydrogens is 180 g/mol. The zero-order valence-electron chi connectivity index (χ0n) is 9.00. The van der Waals surface area contributed by atoms with Gasteiger partial charge in [0, 0.05) is 5.25 Å². The third-order valence-corrected chi connectivity index (χ3v) is 3.77. The lowest BCUT2D eigenvalue weighted by molar-refractivity contribution is 0.635. The van der Waals surface area contributed by atoms with E-state index in [4.69, 9.17) is 5.26 Å². The van der Waals surface area contributed by atoms with Crippen molar-refractivity contribution < 1.29 is 0 Å². The van der Waals surface area contributed by atoms with Gasteiger partial charge in [0.2, 0.25) is 0 Å². The van der Waals surface area contributed by atoms with E-state index in [1.165, 1.54) is 0 Å². The van der Waals surface area contributed by atoms with Crippen LogP contribution >= 0.6 is 11.8 Å². The molecule has 0 spiro atoms. The summed E-state index contributed by atoms with van der Waals surface area (Å²) in [6.45, 7) is 6.71. The van der Waals surface area contributed by atoms with Crippen LogP contribution in [0.4, 0.5) is 0 Å². The first-order chi connectivity index (χ1) is 6.11. The van der Waals surface area contributed by atoms with Crippen molar-refractivity contribution >= 4 is 11.8 Å². The summed E-state index contributed by atoms with van der Waals surface area (Å²) in [5.41, 5.74) is 0. The summed E-state index contributed by atoms with van der Waals surface area (Å²) in [6.07, 6.45) is 0.939. The molecule has 76 valence electrons. The molecule has 0 aromatic carbocycles. The Balaban J connectivity index is 3.50. The van der Waals surface area contributed by atoms with Gasteiger partial charge in [-0.25, -0.2) is 0 Å². The molecule has 0 rings (SSSR count). The predicted octanol–water partition coefficient (Wildman–Crippen LogP) is 2.27. The van der Waals surface area contributed by atoms with Crippen LogP contribution in [0.25, 0.3) is 0 Å². The molecule has 0 bridgehead atoms. The van der Waals surface area contributed by atoms with Gasteiger partial charge < -0.3 is 5.32 Å². The summed E-state index contributed by atoms with van der Waals surface area (Å²) in [5.74, 6) is 1.79. The second-order valence-electron chi connectivity index (χ2n) is 3.58. The van der Waals surface area contributed by atoms with E-state index in [-0.39, 0.29) is 6.04 Å². The molecule has 1 N–H and O–H groups in total. The molecule has 0 aromatic heterocycles. The van der Waals surface area contributed by atoms with Crippen LogP contribution in [-0.2, 0) is 0 Å². The lowest BCUT2D eigenvalue weighted by Gasteiger charge is -2.15. The molecule has 0 fully saturated rings. The Morgan fingerprint density at radius 1 is 1.38 bits per heavy atom. The quantitative estimate of drug-likeness (QED) is 0.714. The lowest BCUT2D eigenvalue weighted by atomic mass is 10.2. The molecule has 0 aliphatic heterocycles. The van der Waals surface area contributed by atoms with Crippen LogP contribution in [0, 0.1) is 17.2 Å². The average Bonchev–Trinajstić information content (AvgIpc) is 2.12. The second-order valence-corrected chi connectivity index (χ2v) is 5.06. The smallest absolute Gasteiger partial charge is 0.0958 e. The first-order valence-electron chi connectivity index (χ1n) is 4.80. The highest BCUT2D eigenvalue weighted by Gasteiger charge is 2.09. The van der Waals surface area contributed by atoms with Crippen molar-refractivity contribution in [1.82, 2.24) is 5.32 Å². The van der Waals surface area contributed by atoms with Crippen molar-refractivity contribution in [1.29, 1.82) is 5.26 Å². The van der Waals surface area contributed by atoms with Crippen LogP contribution in [0.15, 0.2) is 0 Å². The molecule has 2 nitrogen and oxygen atoms in total. The van der Waals surface area contributed by atoms with Crippen molar-refractivity contribution in [2.24, 2.45) is 5.92 Å². The molecule has 0 saturated carbocycles. The number of nitriles is 1. The van der Waals surface area contributed by atoms with Gasteiger partial charge >= 0.3 is 0 Å². The Morgan fingerprint density at radius 2 is 2.00 bits per heavy atom. The highest BCUT2D eigenvalue weighted by atomic mass is 32.2. The maximum Gasteiger partial charge on any atom is 0.0958 e. The minimum Gasteiger partial charge on any atom is -0.305 e. The number of nitrogens with one attached hydrogen (secondary N) is 1. The van der Waals surface area contributed by atoms with E-state index in [0.29, 0.717) is 5.25 Å². The second kappa shape index (κ2) is 7.23. The predicted molar refractivity (Wildman–Crippen MR) is 59.8 cm³/mol. The van der Waals surface area contributed by atoms with Crippen molar-refractivity contribution in [3.05, 3.63) is 0 Å². The SMILES string of the molecule is CNC(C#N)CCSC(C)C(C)C. The van der Waals surface area contributed by atoms with Gasteiger partial charge in [-0.2, -0.15) is 17.0 Å². The highest BCUT2D eigenvalue weighted by Crippen LogP contribution is 2.19. The number of rotatable bonds is 6. The Morgan fingerprint density at radius 3 is 2.38 bits per heavy atom. The monoisotopic (exact) mass is 200 g/mol. The number of nitrogens with zero attached hydrogens (tertiary/aromatic N) is 1. The van der Waals surface area contributed by atoms with Gasteiger partial charge in [0.1, 0.15) is 0 Å². The van der Waals surface area contributed by atoms with Gasteiger partial charge in [0.05, 0.1) is 12.1 Å². The van der Waals surface area contributed by atoms with Crippen LogP contribution in [0.5, 0.6) is 0 Å². The first-order valence-corrected chi connectivity index (χ1v) is 5.85. The van der Waals surface area contributed by atoms with Gasteiger partial charge in [-0.15, -0.1) is 0 Å². The van der Waals surface area contributed by atoms with Crippen LogP contribution in [0.2, 0.25) is 0 Å². The van der Waals surface area contributed by atoms with E-state index in [1.54, 1.807) is 0 Å². The molecule has 13 heavy (non-hydrogen) atoms. The summed E-state index contributed by atoms with van der Waals surface area (Å²) in [5, 5.41) is 12.3. The molecule has 2 atom stereocenters. The normalized spacial score (nSPS) is 15.4. The summed E-state index contributed by atoms with van der Waals surface area (Å²) >= 11 is 1.95. The van der Waals surface area contributed by atoms with E-state index in [2.05, 4.69) is 32.2 Å². The lowest BCUT2D eigenvalue weighted by Crippen LogP contribution is -2.24. The third-order valence-electron chi connectivity index (χ3n) is 2.23. The minimum atomic E-state index is 0.0202. The fraction of sp³-hybridized carbons (Fsp3) is 0.900. The minimum absolute atomic E-state index is 0.0202. The van der Waals surface area contributed by atoms with Gasteiger partial charge in [-0.05, 0) is 25.1 Å². The zero-order chi connectivity index (χ0) is 10.3. The van der Waals surface area contributed by atoms with E-state index in [9.17, 15) is 0 Å². The number of thioether (sulfide) groups is 1. The number of hydrogen-bond acceptors (Lipinski definition) is 3. The van der Waals surface area contributed by atoms with E-state index in [1.807, 2.05) is 18.8 Å². The maximum atomic E-state index is 8.68. The molecule has 0 aromatic rings. The van der Waals surface area contributed by atoms with Gasteiger partial charge in [-0.1, -0.05) is 20.8 Å². The van der Waals surface area contributed by atoms with E-state index < -0.39 is 0 Å². The van der Waals surface area contributed by atoms with Crippen LogP contribution in [0.1, 0.15) is 27.2 Å². The van der Waals surface area contributed by atoms with Gasteiger partial charge in [0.15, 0.2) is 0 Å². The largest absolute Gasteiger partial charge is 0.305 e. The maximum absolute atomic E-state index is 8.68. The van der Waals surface area contributed by atoms with E-state index in [0.717, 1.165) is 18.1 Å². The van der Waals surface area contributed by atoms with Crippen LogP contribution < -0.4 is 5.32 Å². The molecule has 0 aliphatic rings. The molecule has 2 unspecified atom stereocenters. The molecule has 0 amide bonds. The Kier molecular flexibility index (Phi) is 7.12. The van der Waals surface area contributed by atoms with E-state index >= 15 is 0 Å². The fourth-order valence-corrected chi connectivity index (χ4v) is 1.97. The summed E-state index contributed by atoms with van der Waals surface area (Å²) < 4.78 is 0. The number of hydrogen-bond donors (Lipinski definition) is 1. The molecular formula is C10H20N2S. The Bertz CT molecular complexity index is 163. The van der Waals surface area contributed by atoms with Crippen molar-refractivity contribution in [3.63, 3.8) is 0 Å². The Hall–Kier alpha value is -0.200. The summed E-state index contributed by atoms with van der Waals surface area (Å²) in [6, 6.07) is 2.25. The topological polar surface area (TPSA) is 35.8 Å². The Labute approximate surface area is 86.1 Å². The van der Waals surface area contributed by atoms with Crippen LogP contribution in [0.3, 0.4) is 0 Å². The fourth-order valence-electron chi connectivity index (χ4n) is 0.838. The zero-order valence-corrected chi connectivity index (χ0v) is 9.82. The standard InChI is InChI=1S/C10H20N2S/c1-8(2)9(3)13-6-5-10(7-11)12-4/h8-10,12H,5-6H2,1-4H3. The molecule has 0 radical (unpaired) electrons. The van der Waals surface area contributed by atoms with Crippen molar-refractivity contribution in [3.8, 4) is 6.07 Å². The third kappa shape index (κ3) is 5.95. The van der Waals surface area contributed by atoms with Gasteiger partial charge in [0.25, 0.3) is 0 Å². The summed E-state index contributed by atoms with van der Waals surface area (Å²) in [4.78, 5) is 0. The van der Waals surface area contributed by atoms with Crippen LogP contribution in [-0.4, -0.2) is 24.1 Å². The highest BCUT2D eigenvalue weighted by molar-refractivity contribution is 7.99. The van der Waals surface area contributed by atoms with Gasteiger partial charge in [-0.3, -0.25) is 0 Å². The first kappa shape index (κ1) is 12.8. The molecule has 0 saturated heterocycles.